The molecule has 4 heteroatoms. The third-order valence-electron chi connectivity index (χ3n) is 5.05. The normalized spacial score (nSPS) is 27.9. The van der Waals surface area contributed by atoms with Gasteiger partial charge in [0.25, 0.3) is 0 Å². The van der Waals surface area contributed by atoms with E-state index in [-0.39, 0.29) is 5.41 Å². The lowest BCUT2D eigenvalue weighted by atomic mass is 9.65. The summed E-state index contributed by atoms with van der Waals surface area (Å²) in [4.78, 5) is 0. The van der Waals surface area contributed by atoms with Crippen LogP contribution in [-0.4, -0.2) is 15.8 Å². The molecule has 1 aliphatic rings. The van der Waals surface area contributed by atoms with E-state index < -0.39 is 0 Å². The van der Waals surface area contributed by atoms with Gasteiger partial charge in [0.2, 0.25) is 0 Å². The highest BCUT2D eigenvalue weighted by molar-refractivity contribution is 9.10. The number of halogens is 1. The monoisotopic (exact) mass is 341 g/mol. The first kappa shape index (κ1) is 16.0. The predicted octanol–water partition coefficient (Wildman–Crippen LogP) is 3.82. The molecule has 20 heavy (non-hydrogen) atoms. The van der Waals surface area contributed by atoms with Gasteiger partial charge in [-0.05, 0) is 59.4 Å². The van der Waals surface area contributed by atoms with Crippen LogP contribution in [0.1, 0.15) is 51.4 Å². The molecule has 0 bridgehead atoms. The minimum absolute atomic E-state index is 0.211. The summed E-state index contributed by atoms with van der Waals surface area (Å²) in [6, 6.07) is 0.335. The van der Waals surface area contributed by atoms with Gasteiger partial charge in [0.05, 0.1) is 15.9 Å². The van der Waals surface area contributed by atoms with Crippen molar-refractivity contribution in [3.8, 4) is 0 Å². The molecule has 3 unspecified atom stereocenters. The Hall–Kier alpha value is -0.350. The van der Waals surface area contributed by atoms with Crippen molar-refractivity contribution >= 4 is 15.9 Å². The molecule has 3 atom stereocenters. The molecule has 1 aromatic heterocycles. The fraction of sp³-hybridized carbons (Fsp3) is 0.812. The van der Waals surface area contributed by atoms with Gasteiger partial charge < -0.3 is 5.73 Å². The minimum Gasteiger partial charge on any atom is -0.327 e. The summed E-state index contributed by atoms with van der Waals surface area (Å²) in [5, 5.41) is 4.51. The van der Waals surface area contributed by atoms with E-state index in [2.05, 4.69) is 48.7 Å². The van der Waals surface area contributed by atoms with Gasteiger partial charge in [-0.1, -0.05) is 27.2 Å². The summed E-state index contributed by atoms with van der Waals surface area (Å²) in [7, 11) is 2.03. The number of nitrogens with two attached hydrogens (primary N) is 1. The molecule has 1 saturated carbocycles. The quantitative estimate of drug-likeness (QED) is 0.907. The number of nitrogens with zero attached hydrogens (tertiary/aromatic N) is 2. The second kappa shape index (κ2) is 5.80. The van der Waals surface area contributed by atoms with Gasteiger partial charge in [-0.15, -0.1) is 0 Å². The molecule has 0 amide bonds. The number of aromatic nitrogens is 2. The molecule has 2 rings (SSSR count). The van der Waals surface area contributed by atoms with Crippen LogP contribution in [0.5, 0.6) is 0 Å². The first-order valence-corrected chi connectivity index (χ1v) is 8.45. The van der Waals surface area contributed by atoms with Crippen LogP contribution in [0.15, 0.2) is 4.47 Å². The van der Waals surface area contributed by atoms with E-state index in [9.17, 15) is 0 Å². The van der Waals surface area contributed by atoms with Gasteiger partial charge in [0.1, 0.15) is 0 Å². The Bertz CT molecular complexity index is 478. The molecule has 2 N–H and O–H groups in total. The molecule has 0 aliphatic heterocycles. The second-order valence-electron chi connectivity index (χ2n) is 7.32. The van der Waals surface area contributed by atoms with E-state index in [0.717, 1.165) is 22.5 Å². The molecule has 114 valence electrons. The van der Waals surface area contributed by atoms with Crippen LogP contribution in [0.2, 0.25) is 0 Å². The van der Waals surface area contributed by atoms with Gasteiger partial charge in [0.15, 0.2) is 0 Å². The molecule has 1 fully saturated rings. The predicted molar refractivity (Wildman–Crippen MR) is 87.6 cm³/mol. The first-order valence-electron chi connectivity index (χ1n) is 7.66. The highest BCUT2D eigenvalue weighted by Crippen LogP contribution is 2.42. The van der Waals surface area contributed by atoms with E-state index in [1.165, 1.54) is 25.0 Å². The Morgan fingerprint density at radius 2 is 2.05 bits per heavy atom. The van der Waals surface area contributed by atoms with Crippen molar-refractivity contribution in [3.63, 3.8) is 0 Å². The largest absolute Gasteiger partial charge is 0.327 e. The van der Waals surface area contributed by atoms with Crippen LogP contribution in [0.25, 0.3) is 0 Å². The maximum absolute atomic E-state index is 6.46. The molecule has 0 radical (unpaired) electrons. The van der Waals surface area contributed by atoms with E-state index in [1.54, 1.807) is 0 Å². The Balaban J connectivity index is 2.18. The average Bonchev–Trinajstić information content (AvgIpc) is 2.55. The lowest BCUT2D eigenvalue weighted by Crippen LogP contribution is -2.44. The van der Waals surface area contributed by atoms with Crippen molar-refractivity contribution in [2.75, 3.05) is 0 Å². The summed E-state index contributed by atoms with van der Waals surface area (Å²) < 4.78 is 3.17. The lowest BCUT2D eigenvalue weighted by molar-refractivity contribution is 0.111. The lowest BCUT2D eigenvalue weighted by Gasteiger charge is -2.43. The SMILES string of the molecule is Cc1nn(C)c(CC(C)(C)C2CCC(C)CC2N)c1Br. The summed E-state index contributed by atoms with van der Waals surface area (Å²) in [5.41, 5.74) is 9.03. The van der Waals surface area contributed by atoms with Crippen LogP contribution in [0.4, 0.5) is 0 Å². The molecular formula is C16H28BrN3. The first-order chi connectivity index (χ1) is 9.22. The van der Waals surface area contributed by atoms with Gasteiger partial charge in [0, 0.05) is 13.1 Å². The molecule has 1 aliphatic carbocycles. The molecular weight excluding hydrogens is 314 g/mol. The molecule has 1 aromatic rings. The van der Waals surface area contributed by atoms with E-state index in [0.29, 0.717) is 12.0 Å². The maximum atomic E-state index is 6.46. The van der Waals surface area contributed by atoms with Crippen molar-refractivity contribution in [2.45, 2.75) is 59.4 Å². The van der Waals surface area contributed by atoms with Gasteiger partial charge >= 0.3 is 0 Å². The maximum Gasteiger partial charge on any atom is 0.0738 e. The number of rotatable bonds is 3. The van der Waals surface area contributed by atoms with Crippen LogP contribution < -0.4 is 5.73 Å². The third kappa shape index (κ3) is 3.11. The fourth-order valence-corrected chi connectivity index (χ4v) is 4.31. The highest BCUT2D eigenvalue weighted by atomic mass is 79.9. The third-order valence-corrected chi connectivity index (χ3v) is 6.08. The topological polar surface area (TPSA) is 43.8 Å². The molecule has 0 spiro atoms. The zero-order valence-corrected chi connectivity index (χ0v) is 15.0. The van der Waals surface area contributed by atoms with Crippen LogP contribution in [0.3, 0.4) is 0 Å². The van der Waals surface area contributed by atoms with Crippen LogP contribution >= 0.6 is 15.9 Å². The highest BCUT2D eigenvalue weighted by Gasteiger charge is 2.38. The summed E-state index contributed by atoms with van der Waals surface area (Å²) in [6.45, 7) is 9.10. The Kier molecular flexibility index (Phi) is 4.65. The molecule has 3 nitrogen and oxygen atoms in total. The van der Waals surface area contributed by atoms with E-state index in [4.69, 9.17) is 5.73 Å². The Morgan fingerprint density at radius 3 is 2.55 bits per heavy atom. The van der Waals surface area contributed by atoms with Crippen molar-refractivity contribution in [3.05, 3.63) is 15.9 Å². The van der Waals surface area contributed by atoms with Gasteiger partial charge in [-0.2, -0.15) is 5.10 Å². The van der Waals surface area contributed by atoms with Crippen molar-refractivity contribution in [1.82, 2.24) is 9.78 Å². The van der Waals surface area contributed by atoms with Crippen molar-refractivity contribution < 1.29 is 0 Å². The van der Waals surface area contributed by atoms with Crippen molar-refractivity contribution in [1.29, 1.82) is 0 Å². The van der Waals surface area contributed by atoms with Crippen molar-refractivity contribution in [2.24, 2.45) is 30.0 Å². The summed E-state index contributed by atoms with van der Waals surface area (Å²) in [5.74, 6) is 1.38. The average molecular weight is 342 g/mol. The standard InChI is InChI=1S/C16H28BrN3/c1-10-6-7-12(13(18)8-10)16(3,4)9-14-15(17)11(2)19-20(14)5/h10,12-13H,6-9,18H2,1-5H3. The van der Waals surface area contributed by atoms with Gasteiger partial charge in [-0.25, -0.2) is 0 Å². The smallest absolute Gasteiger partial charge is 0.0738 e. The number of aryl methyl sites for hydroxylation is 2. The van der Waals surface area contributed by atoms with E-state index in [1.807, 2.05) is 11.7 Å². The second-order valence-corrected chi connectivity index (χ2v) is 8.12. The summed E-state index contributed by atoms with van der Waals surface area (Å²) in [6.07, 6.45) is 4.76. The minimum atomic E-state index is 0.211. The Morgan fingerprint density at radius 1 is 1.40 bits per heavy atom. The Labute approximate surface area is 131 Å². The molecule has 0 aromatic carbocycles. The van der Waals surface area contributed by atoms with Crippen LogP contribution in [-0.2, 0) is 13.5 Å². The zero-order chi connectivity index (χ0) is 15.1. The zero-order valence-electron chi connectivity index (χ0n) is 13.4. The summed E-state index contributed by atoms with van der Waals surface area (Å²) >= 11 is 3.69. The molecule has 1 heterocycles. The van der Waals surface area contributed by atoms with Crippen LogP contribution in [0, 0.1) is 24.2 Å². The van der Waals surface area contributed by atoms with E-state index >= 15 is 0 Å². The van der Waals surface area contributed by atoms with Gasteiger partial charge in [-0.3, -0.25) is 4.68 Å². The fourth-order valence-electron chi connectivity index (χ4n) is 3.83. The molecule has 0 saturated heterocycles. The number of hydrogen-bond donors (Lipinski definition) is 1. The number of hydrogen-bond acceptors (Lipinski definition) is 2.